The zero-order chi connectivity index (χ0) is 11.7. The number of hydrogen-bond acceptors (Lipinski definition) is 3. The van der Waals surface area contributed by atoms with E-state index in [4.69, 9.17) is 4.74 Å². The topological polar surface area (TPSA) is 39.1 Å². The molecule has 0 aromatic carbocycles. The van der Waals surface area contributed by atoms with Crippen molar-refractivity contribution in [2.24, 2.45) is 18.9 Å². The summed E-state index contributed by atoms with van der Waals surface area (Å²) in [5.41, 5.74) is 0. The highest BCUT2D eigenvalue weighted by Gasteiger charge is 2.40. The summed E-state index contributed by atoms with van der Waals surface area (Å²) in [7, 11) is 1.90. The summed E-state index contributed by atoms with van der Waals surface area (Å²) < 4.78 is 7.40. The minimum absolute atomic E-state index is 0.738. The maximum atomic E-state index is 5.63. The lowest BCUT2D eigenvalue weighted by Gasteiger charge is -2.17. The van der Waals surface area contributed by atoms with Crippen molar-refractivity contribution in [1.29, 1.82) is 0 Å². The molecule has 0 saturated heterocycles. The highest BCUT2D eigenvalue weighted by atomic mass is 16.5. The number of aryl methyl sites for hydroxylation is 1. The van der Waals surface area contributed by atoms with Crippen molar-refractivity contribution in [3.8, 4) is 5.75 Å². The van der Waals surface area contributed by atoms with Gasteiger partial charge in [0.05, 0.1) is 12.4 Å². The van der Waals surface area contributed by atoms with Crippen LogP contribution in [0.5, 0.6) is 5.75 Å². The Labute approximate surface area is 102 Å². The number of nitrogens with zero attached hydrogens (tertiary/aromatic N) is 2. The van der Waals surface area contributed by atoms with E-state index in [1.165, 1.54) is 25.7 Å². The molecule has 0 aliphatic heterocycles. The molecule has 94 valence electrons. The van der Waals surface area contributed by atoms with Gasteiger partial charge in [-0.3, -0.25) is 4.68 Å². The van der Waals surface area contributed by atoms with Gasteiger partial charge in [0.1, 0.15) is 6.61 Å². The summed E-state index contributed by atoms with van der Waals surface area (Å²) >= 11 is 0. The van der Waals surface area contributed by atoms with Crippen LogP contribution in [0.2, 0.25) is 0 Å². The maximum absolute atomic E-state index is 5.63. The second kappa shape index (κ2) is 4.69. The molecule has 2 aliphatic rings. The predicted molar refractivity (Wildman–Crippen MR) is 65.9 cm³/mol. The average molecular weight is 235 g/mol. The van der Waals surface area contributed by atoms with E-state index in [0.29, 0.717) is 0 Å². The van der Waals surface area contributed by atoms with Gasteiger partial charge in [-0.05, 0) is 37.5 Å². The van der Waals surface area contributed by atoms with Gasteiger partial charge in [-0.2, -0.15) is 5.10 Å². The van der Waals surface area contributed by atoms with Crippen molar-refractivity contribution < 1.29 is 4.74 Å². The van der Waals surface area contributed by atoms with Crippen LogP contribution in [0.4, 0.5) is 0 Å². The minimum atomic E-state index is 0.738. The molecule has 0 bridgehead atoms. The van der Waals surface area contributed by atoms with Gasteiger partial charge in [0.2, 0.25) is 0 Å². The third-order valence-electron chi connectivity index (χ3n) is 3.69. The zero-order valence-electron chi connectivity index (χ0n) is 10.4. The van der Waals surface area contributed by atoms with Crippen LogP contribution in [0.1, 0.15) is 25.7 Å². The number of rotatable bonds is 7. The second-order valence-corrected chi connectivity index (χ2v) is 5.35. The SMILES string of the molecule is Cn1cc(OCCNC(C2CC2)C2CC2)cn1. The second-order valence-electron chi connectivity index (χ2n) is 5.35. The largest absolute Gasteiger partial charge is 0.489 e. The van der Waals surface area contributed by atoms with Crippen LogP contribution in [0, 0.1) is 11.8 Å². The maximum Gasteiger partial charge on any atom is 0.157 e. The number of nitrogens with one attached hydrogen (secondary N) is 1. The Kier molecular flexibility index (Phi) is 3.05. The van der Waals surface area contributed by atoms with Crippen LogP contribution >= 0.6 is 0 Å². The summed E-state index contributed by atoms with van der Waals surface area (Å²) in [5.74, 6) is 2.78. The lowest BCUT2D eigenvalue weighted by Crippen LogP contribution is -2.35. The molecule has 3 rings (SSSR count). The van der Waals surface area contributed by atoms with Crippen molar-refractivity contribution in [1.82, 2.24) is 15.1 Å². The standard InChI is InChI=1S/C13H21N3O/c1-16-9-12(8-15-16)17-7-6-14-13(10-2-3-10)11-4-5-11/h8-11,13-14H,2-7H2,1H3. The highest BCUT2D eigenvalue weighted by Crippen LogP contribution is 2.44. The third kappa shape index (κ3) is 3.00. The Morgan fingerprint density at radius 3 is 2.65 bits per heavy atom. The lowest BCUT2D eigenvalue weighted by atomic mass is 10.1. The number of aromatic nitrogens is 2. The van der Waals surface area contributed by atoms with Crippen LogP contribution in [0.15, 0.2) is 12.4 Å². The van der Waals surface area contributed by atoms with Crippen LogP contribution in [0.3, 0.4) is 0 Å². The van der Waals surface area contributed by atoms with Gasteiger partial charge in [0, 0.05) is 19.6 Å². The van der Waals surface area contributed by atoms with Gasteiger partial charge >= 0.3 is 0 Å². The first-order valence-electron chi connectivity index (χ1n) is 6.68. The molecule has 4 heteroatoms. The van der Waals surface area contributed by atoms with Crippen LogP contribution < -0.4 is 10.1 Å². The van der Waals surface area contributed by atoms with E-state index in [-0.39, 0.29) is 0 Å². The molecule has 0 spiro atoms. The van der Waals surface area contributed by atoms with E-state index in [9.17, 15) is 0 Å². The van der Waals surface area contributed by atoms with Gasteiger partial charge in [-0.1, -0.05) is 0 Å². The summed E-state index contributed by atoms with van der Waals surface area (Å²) in [6.07, 6.45) is 9.38. The van der Waals surface area contributed by atoms with Crippen molar-refractivity contribution in [3.63, 3.8) is 0 Å². The van der Waals surface area contributed by atoms with Gasteiger partial charge in [-0.15, -0.1) is 0 Å². The van der Waals surface area contributed by atoms with Crippen LogP contribution in [-0.2, 0) is 7.05 Å². The molecule has 1 aromatic heterocycles. The number of hydrogen-bond donors (Lipinski definition) is 1. The van der Waals surface area contributed by atoms with E-state index in [1.54, 1.807) is 10.9 Å². The Morgan fingerprint density at radius 2 is 2.12 bits per heavy atom. The predicted octanol–water partition coefficient (Wildman–Crippen LogP) is 1.58. The molecule has 2 fully saturated rings. The Bertz CT molecular complexity index is 356. The molecule has 4 nitrogen and oxygen atoms in total. The van der Waals surface area contributed by atoms with Crippen LogP contribution in [0.25, 0.3) is 0 Å². The molecule has 0 atom stereocenters. The van der Waals surface area contributed by atoms with E-state index < -0.39 is 0 Å². The normalized spacial score (nSPS) is 19.9. The van der Waals surface area contributed by atoms with E-state index in [0.717, 1.165) is 36.8 Å². The van der Waals surface area contributed by atoms with Gasteiger partial charge in [0.15, 0.2) is 5.75 Å². The summed E-state index contributed by atoms with van der Waals surface area (Å²) in [6.45, 7) is 1.69. The van der Waals surface area contributed by atoms with Crippen LogP contribution in [-0.4, -0.2) is 29.0 Å². The van der Waals surface area contributed by atoms with E-state index >= 15 is 0 Å². The monoisotopic (exact) mass is 235 g/mol. The molecule has 2 saturated carbocycles. The molecule has 17 heavy (non-hydrogen) atoms. The first-order valence-corrected chi connectivity index (χ1v) is 6.68. The fraction of sp³-hybridized carbons (Fsp3) is 0.769. The van der Waals surface area contributed by atoms with E-state index in [1.807, 2.05) is 13.2 Å². The molecule has 2 aliphatic carbocycles. The molecular formula is C13H21N3O. The quantitative estimate of drug-likeness (QED) is 0.729. The first-order chi connectivity index (χ1) is 8.33. The molecule has 1 N–H and O–H groups in total. The van der Waals surface area contributed by atoms with E-state index in [2.05, 4.69) is 10.4 Å². The summed E-state index contributed by atoms with van der Waals surface area (Å²) in [6, 6.07) is 0.771. The Balaban J connectivity index is 1.36. The smallest absolute Gasteiger partial charge is 0.157 e. The van der Waals surface area contributed by atoms with Crippen molar-refractivity contribution in [3.05, 3.63) is 12.4 Å². The Morgan fingerprint density at radius 1 is 1.41 bits per heavy atom. The first kappa shape index (κ1) is 11.1. The molecule has 1 aromatic rings. The van der Waals surface area contributed by atoms with Crippen molar-refractivity contribution in [2.45, 2.75) is 31.7 Å². The number of ether oxygens (including phenoxy) is 1. The fourth-order valence-corrected chi connectivity index (χ4v) is 2.50. The molecule has 0 amide bonds. The summed E-state index contributed by atoms with van der Waals surface area (Å²) in [5, 5.41) is 7.75. The highest BCUT2D eigenvalue weighted by molar-refractivity contribution is 5.11. The average Bonchev–Trinajstić information content (AvgIpc) is 3.20. The lowest BCUT2D eigenvalue weighted by molar-refractivity contribution is 0.293. The summed E-state index contributed by atoms with van der Waals surface area (Å²) in [4.78, 5) is 0. The molecule has 0 radical (unpaired) electrons. The fourth-order valence-electron chi connectivity index (χ4n) is 2.50. The van der Waals surface area contributed by atoms with Crippen molar-refractivity contribution >= 4 is 0 Å². The van der Waals surface area contributed by atoms with Crippen molar-refractivity contribution in [2.75, 3.05) is 13.2 Å². The molecule has 0 unspecified atom stereocenters. The van der Waals surface area contributed by atoms with Gasteiger partial charge in [0.25, 0.3) is 0 Å². The molecule has 1 heterocycles. The minimum Gasteiger partial charge on any atom is -0.489 e. The Hall–Kier alpha value is -1.03. The van der Waals surface area contributed by atoms with Gasteiger partial charge < -0.3 is 10.1 Å². The van der Waals surface area contributed by atoms with Gasteiger partial charge in [-0.25, -0.2) is 0 Å². The molecular weight excluding hydrogens is 214 g/mol. The third-order valence-corrected chi connectivity index (χ3v) is 3.69. The zero-order valence-corrected chi connectivity index (χ0v) is 10.4.